The lowest BCUT2D eigenvalue weighted by atomic mass is 10.2. The van der Waals surface area contributed by atoms with Crippen molar-refractivity contribution in [3.8, 4) is 0 Å². The standard InChI is InChI=1S/C11H10ClN3O2/c1-7-4-14-10(17-7)6-15-11(16)8-5-13-3-2-9(8)12/h2-5H,6H2,1H3,(H,15,16). The molecule has 0 aromatic carbocycles. The van der Waals surface area contributed by atoms with Gasteiger partial charge in [-0.1, -0.05) is 11.6 Å². The van der Waals surface area contributed by atoms with Gasteiger partial charge in [0.25, 0.3) is 5.91 Å². The molecule has 2 aromatic rings. The van der Waals surface area contributed by atoms with Crippen molar-refractivity contribution in [3.05, 3.63) is 46.9 Å². The van der Waals surface area contributed by atoms with E-state index in [1.807, 2.05) is 0 Å². The highest BCUT2D eigenvalue weighted by Crippen LogP contribution is 2.13. The van der Waals surface area contributed by atoms with E-state index >= 15 is 0 Å². The Balaban J connectivity index is 2.01. The van der Waals surface area contributed by atoms with Crippen molar-refractivity contribution in [2.45, 2.75) is 13.5 Å². The van der Waals surface area contributed by atoms with Crippen LogP contribution in [0.15, 0.2) is 29.1 Å². The number of nitrogens with one attached hydrogen (secondary N) is 1. The summed E-state index contributed by atoms with van der Waals surface area (Å²) in [5.74, 6) is 0.850. The number of halogens is 1. The maximum atomic E-state index is 11.7. The number of carbonyl (C=O) groups excluding carboxylic acids is 1. The van der Waals surface area contributed by atoms with Gasteiger partial charge in [-0.05, 0) is 13.0 Å². The minimum Gasteiger partial charge on any atom is -0.444 e. The summed E-state index contributed by atoms with van der Waals surface area (Å²) in [4.78, 5) is 19.6. The number of nitrogens with zero attached hydrogens (tertiary/aromatic N) is 2. The molecule has 0 atom stereocenters. The summed E-state index contributed by atoms with van der Waals surface area (Å²) in [5, 5.41) is 3.01. The van der Waals surface area contributed by atoms with Crippen LogP contribution < -0.4 is 5.32 Å². The summed E-state index contributed by atoms with van der Waals surface area (Å²) in [6.07, 6.45) is 4.54. The van der Waals surface area contributed by atoms with E-state index in [1.54, 1.807) is 19.2 Å². The van der Waals surface area contributed by atoms with Crippen LogP contribution in [0.2, 0.25) is 5.02 Å². The summed E-state index contributed by atoms with van der Waals surface area (Å²) >= 11 is 5.87. The van der Waals surface area contributed by atoms with E-state index in [9.17, 15) is 4.79 Å². The Labute approximate surface area is 103 Å². The first kappa shape index (κ1) is 11.6. The number of aromatic nitrogens is 2. The summed E-state index contributed by atoms with van der Waals surface area (Å²) in [6, 6.07) is 1.56. The number of hydrogen-bond donors (Lipinski definition) is 1. The molecule has 1 N–H and O–H groups in total. The highest BCUT2D eigenvalue weighted by atomic mass is 35.5. The summed E-state index contributed by atoms with van der Waals surface area (Å²) in [7, 11) is 0. The fourth-order valence-corrected chi connectivity index (χ4v) is 1.47. The number of amides is 1. The Hall–Kier alpha value is -1.88. The molecular weight excluding hydrogens is 242 g/mol. The van der Waals surface area contributed by atoms with Crippen LogP contribution in [0.1, 0.15) is 22.0 Å². The molecule has 0 fully saturated rings. The summed E-state index contributed by atoms with van der Waals surface area (Å²) < 4.78 is 5.23. The lowest BCUT2D eigenvalue weighted by Crippen LogP contribution is -2.23. The number of pyridine rings is 1. The molecule has 17 heavy (non-hydrogen) atoms. The van der Waals surface area contributed by atoms with E-state index in [-0.39, 0.29) is 12.5 Å². The van der Waals surface area contributed by atoms with Gasteiger partial charge in [-0.25, -0.2) is 4.98 Å². The fraction of sp³-hybridized carbons (Fsp3) is 0.182. The quantitative estimate of drug-likeness (QED) is 0.906. The second kappa shape index (κ2) is 4.97. The molecule has 0 saturated heterocycles. The van der Waals surface area contributed by atoms with Crippen molar-refractivity contribution in [1.29, 1.82) is 0 Å². The van der Waals surface area contributed by atoms with Crippen LogP contribution in [0.3, 0.4) is 0 Å². The van der Waals surface area contributed by atoms with Crippen LogP contribution in [-0.2, 0) is 6.54 Å². The molecule has 0 aliphatic heterocycles. The number of carbonyl (C=O) groups is 1. The van der Waals surface area contributed by atoms with Crippen molar-refractivity contribution in [1.82, 2.24) is 15.3 Å². The van der Waals surface area contributed by atoms with Crippen LogP contribution in [-0.4, -0.2) is 15.9 Å². The first-order valence-electron chi connectivity index (χ1n) is 4.96. The van der Waals surface area contributed by atoms with Gasteiger partial charge in [0.2, 0.25) is 5.89 Å². The third-order valence-corrected chi connectivity index (χ3v) is 2.41. The maximum absolute atomic E-state index is 11.7. The first-order chi connectivity index (χ1) is 8.16. The number of oxazole rings is 1. The minimum absolute atomic E-state index is 0.220. The van der Waals surface area contributed by atoms with Crippen LogP contribution in [0.4, 0.5) is 0 Å². The normalized spacial score (nSPS) is 10.2. The van der Waals surface area contributed by atoms with E-state index in [2.05, 4.69) is 15.3 Å². The Bertz CT molecular complexity index is 539. The largest absolute Gasteiger partial charge is 0.444 e. The Morgan fingerprint density at radius 3 is 3.00 bits per heavy atom. The van der Waals surface area contributed by atoms with Gasteiger partial charge >= 0.3 is 0 Å². The van der Waals surface area contributed by atoms with Crippen LogP contribution in [0, 0.1) is 6.92 Å². The van der Waals surface area contributed by atoms with Gasteiger partial charge in [0.15, 0.2) is 0 Å². The molecule has 6 heteroatoms. The number of aryl methyl sites for hydroxylation is 1. The topological polar surface area (TPSA) is 68.0 Å². The second-order valence-electron chi connectivity index (χ2n) is 3.40. The molecule has 2 heterocycles. The third-order valence-electron chi connectivity index (χ3n) is 2.08. The molecule has 5 nitrogen and oxygen atoms in total. The molecule has 0 bridgehead atoms. The predicted octanol–water partition coefficient (Wildman–Crippen LogP) is 1.96. The van der Waals surface area contributed by atoms with E-state index in [4.69, 9.17) is 16.0 Å². The molecule has 0 aliphatic carbocycles. The van der Waals surface area contributed by atoms with Crippen molar-refractivity contribution >= 4 is 17.5 Å². The smallest absolute Gasteiger partial charge is 0.254 e. The van der Waals surface area contributed by atoms with Crippen LogP contribution >= 0.6 is 11.6 Å². The van der Waals surface area contributed by atoms with E-state index in [0.29, 0.717) is 22.2 Å². The van der Waals surface area contributed by atoms with Gasteiger partial charge in [0, 0.05) is 12.4 Å². The molecule has 0 unspecified atom stereocenters. The second-order valence-corrected chi connectivity index (χ2v) is 3.81. The monoisotopic (exact) mass is 251 g/mol. The van der Waals surface area contributed by atoms with E-state index in [0.717, 1.165) is 0 Å². The minimum atomic E-state index is -0.307. The fourth-order valence-electron chi connectivity index (χ4n) is 1.28. The lowest BCUT2D eigenvalue weighted by molar-refractivity contribution is 0.0947. The molecule has 0 radical (unpaired) electrons. The van der Waals surface area contributed by atoms with Crippen molar-refractivity contribution in [2.75, 3.05) is 0 Å². The third kappa shape index (κ3) is 2.82. The van der Waals surface area contributed by atoms with Gasteiger partial charge in [-0.2, -0.15) is 0 Å². The zero-order chi connectivity index (χ0) is 12.3. The van der Waals surface area contributed by atoms with Crippen LogP contribution in [0.5, 0.6) is 0 Å². The van der Waals surface area contributed by atoms with Gasteiger partial charge in [-0.3, -0.25) is 9.78 Å². The van der Waals surface area contributed by atoms with E-state index < -0.39 is 0 Å². The molecule has 0 aliphatic rings. The van der Waals surface area contributed by atoms with Crippen LogP contribution in [0.25, 0.3) is 0 Å². The highest BCUT2D eigenvalue weighted by Gasteiger charge is 2.10. The molecule has 2 aromatic heterocycles. The SMILES string of the molecule is Cc1cnc(CNC(=O)c2cnccc2Cl)o1. The lowest BCUT2D eigenvalue weighted by Gasteiger charge is -2.03. The average Bonchev–Trinajstić information content (AvgIpc) is 2.73. The predicted molar refractivity (Wildman–Crippen MR) is 61.7 cm³/mol. The van der Waals surface area contributed by atoms with Crippen molar-refractivity contribution in [2.24, 2.45) is 0 Å². The Morgan fingerprint density at radius 2 is 2.35 bits per heavy atom. The molecule has 1 amide bonds. The summed E-state index contributed by atoms with van der Waals surface area (Å²) in [6.45, 7) is 2.01. The van der Waals surface area contributed by atoms with Crippen molar-refractivity contribution in [3.63, 3.8) is 0 Å². The van der Waals surface area contributed by atoms with Crippen molar-refractivity contribution < 1.29 is 9.21 Å². The molecule has 0 saturated carbocycles. The highest BCUT2D eigenvalue weighted by molar-refractivity contribution is 6.33. The first-order valence-corrected chi connectivity index (χ1v) is 5.33. The summed E-state index contributed by atoms with van der Waals surface area (Å²) in [5.41, 5.74) is 0.331. The molecular formula is C11H10ClN3O2. The maximum Gasteiger partial charge on any atom is 0.254 e. The Morgan fingerprint density at radius 1 is 1.53 bits per heavy atom. The average molecular weight is 252 g/mol. The molecule has 88 valence electrons. The number of rotatable bonds is 3. The zero-order valence-corrected chi connectivity index (χ0v) is 9.86. The number of hydrogen-bond acceptors (Lipinski definition) is 4. The zero-order valence-electron chi connectivity index (χ0n) is 9.11. The van der Waals surface area contributed by atoms with Gasteiger partial charge in [0.05, 0.1) is 23.3 Å². The van der Waals surface area contributed by atoms with Gasteiger partial charge in [-0.15, -0.1) is 0 Å². The Kier molecular flexibility index (Phi) is 3.39. The van der Waals surface area contributed by atoms with Gasteiger partial charge < -0.3 is 9.73 Å². The molecule has 2 rings (SSSR count). The molecule has 0 spiro atoms. The van der Waals surface area contributed by atoms with E-state index in [1.165, 1.54) is 12.4 Å². The van der Waals surface area contributed by atoms with Gasteiger partial charge in [0.1, 0.15) is 5.76 Å².